The van der Waals surface area contributed by atoms with Gasteiger partial charge in [0.25, 0.3) is 0 Å². The van der Waals surface area contributed by atoms with E-state index in [4.69, 9.17) is 0 Å². The normalized spacial score (nSPS) is 11.0. The maximum Gasteiger partial charge on any atom is 0.323 e. The zero-order chi connectivity index (χ0) is 61.7. The number of carboxylic acids is 4. The monoisotopic (exact) mass is 1260 g/mol. The predicted molar refractivity (Wildman–Crippen MR) is 347 cm³/mol. The summed E-state index contributed by atoms with van der Waals surface area (Å²) in [6, 6.07) is 113. The van der Waals surface area contributed by atoms with E-state index in [0.717, 1.165) is 66.8 Å². The van der Waals surface area contributed by atoms with Gasteiger partial charge in [-0.15, -0.1) is 0 Å². The number of hydrogen-bond donors (Lipinski definition) is 4. The average Bonchev–Trinajstić information content (AvgIpc) is 3.25. The fourth-order valence-corrected chi connectivity index (χ4v) is 11.7. The molecule has 0 bridgehead atoms. The summed E-state index contributed by atoms with van der Waals surface area (Å²) in [5.74, 6) is -3.51. The van der Waals surface area contributed by atoms with Crippen molar-refractivity contribution in [3.8, 4) is 0 Å². The van der Waals surface area contributed by atoms with Gasteiger partial charge in [-0.2, -0.15) is 0 Å². The summed E-state index contributed by atoms with van der Waals surface area (Å²) in [4.78, 5) is 49.7. The van der Waals surface area contributed by atoms with Crippen molar-refractivity contribution in [1.29, 1.82) is 0 Å². The molecule has 0 saturated carbocycles. The van der Waals surface area contributed by atoms with Gasteiger partial charge in [0.1, 0.15) is 21.7 Å². The molecule has 0 spiro atoms. The van der Waals surface area contributed by atoms with E-state index in [9.17, 15) is 39.6 Å². The Morgan fingerprint density at radius 2 is 0.225 bits per heavy atom. The molecule has 12 rings (SSSR count). The van der Waals surface area contributed by atoms with Crippen LogP contribution in [-0.4, -0.2) is 44.3 Å². The zero-order valence-corrected chi connectivity index (χ0v) is 50.0. The van der Waals surface area contributed by atoms with E-state index in [-0.39, 0.29) is 19.5 Å². The molecule has 89 heavy (non-hydrogen) atoms. The Balaban J connectivity index is 0.000000153. The molecule has 0 amide bonds. The molecule has 4 N–H and O–H groups in total. The van der Waals surface area contributed by atoms with Crippen molar-refractivity contribution >= 4 is 23.9 Å². The van der Waals surface area contributed by atoms with E-state index in [1.54, 1.807) is 0 Å². The van der Waals surface area contributed by atoms with Crippen LogP contribution in [0.15, 0.2) is 364 Å². The first-order valence-corrected chi connectivity index (χ1v) is 28.6. The van der Waals surface area contributed by atoms with Crippen LogP contribution in [0.5, 0.6) is 0 Å². The third-order valence-electron chi connectivity index (χ3n) is 15.8. The molecule has 0 aliphatic carbocycles. The largest absolute Gasteiger partial charge is 0.480 e. The molecule has 0 fully saturated rings. The molecule has 0 aliphatic heterocycles. The Kier molecular flexibility index (Phi) is 22.0. The second-order valence-corrected chi connectivity index (χ2v) is 20.6. The van der Waals surface area contributed by atoms with E-state index in [1.165, 1.54) is 0 Å². The molecule has 8 nitrogen and oxygen atoms in total. The third-order valence-corrected chi connectivity index (χ3v) is 15.8. The molecule has 0 atom stereocenters. The van der Waals surface area contributed by atoms with Gasteiger partial charge >= 0.3 is 23.9 Å². The van der Waals surface area contributed by atoms with Crippen molar-refractivity contribution in [2.75, 3.05) is 0 Å². The number of hydrogen-bond acceptors (Lipinski definition) is 4. The Bertz CT molecular complexity index is 3170. The van der Waals surface area contributed by atoms with E-state index in [0.29, 0.717) is 0 Å². The summed E-state index contributed by atoms with van der Waals surface area (Å²) < 4.78 is 0. The van der Waals surface area contributed by atoms with E-state index in [1.807, 2.05) is 364 Å². The first-order chi connectivity index (χ1) is 43.0. The van der Waals surface area contributed by atoms with Gasteiger partial charge in [-0.25, -0.2) is 0 Å². The van der Waals surface area contributed by atoms with Crippen LogP contribution in [0.3, 0.4) is 0 Å². The van der Waals surface area contributed by atoms with Crippen molar-refractivity contribution in [1.82, 2.24) is 0 Å². The molecule has 0 unspecified atom stereocenters. The zero-order valence-electron chi connectivity index (χ0n) is 48.4. The summed E-state index contributed by atoms with van der Waals surface area (Å²) in [6.07, 6.45) is 0. The first-order valence-electron chi connectivity index (χ1n) is 28.6. The molecule has 0 saturated heterocycles. The van der Waals surface area contributed by atoms with Gasteiger partial charge in [0.2, 0.25) is 0 Å². The Morgan fingerprint density at radius 1 is 0.157 bits per heavy atom. The molecule has 9 heteroatoms. The van der Waals surface area contributed by atoms with Gasteiger partial charge < -0.3 is 20.4 Å². The average molecular weight is 1260 g/mol. The summed E-state index contributed by atoms with van der Waals surface area (Å²) >= 11 is 0. The Labute approximate surface area is 532 Å². The van der Waals surface area contributed by atoms with Crippen LogP contribution in [0.4, 0.5) is 0 Å². The first kappa shape index (κ1) is 64.1. The molecule has 1 radical (unpaired) electrons. The van der Waals surface area contributed by atoms with Crippen LogP contribution in [-0.2, 0) is 60.3 Å². The maximum absolute atomic E-state index is 12.4. The molecule has 0 aromatic heterocycles. The number of carboxylic acid groups (broad SMARTS) is 4. The van der Waals surface area contributed by atoms with Crippen LogP contribution in [0, 0.1) is 0 Å². The van der Waals surface area contributed by atoms with Gasteiger partial charge in [-0.3, -0.25) is 19.2 Å². The Hall–Kier alpha value is -10.9. The van der Waals surface area contributed by atoms with Gasteiger partial charge in [0, 0.05) is 19.5 Å². The number of aliphatic carboxylic acids is 4. The van der Waals surface area contributed by atoms with Crippen LogP contribution in [0.2, 0.25) is 0 Å². The topological polar surface area (TPSA) is 149 Å². The van der Waals surface area contributed by atoms with Crippen LogP contribution >= 0.6 is 0 Å². The molecular weight excluding hydrogens is 1190 g/mol. The fraction of sp³-hybridized carbons (Fsp3) is 0.0500. The molecular formula is C80H64O8Rh. The van der Waals surface area contributed by atoms with Crippen molar-refractivity contribution < 1.29 is 59.1 Å². The van der Waals surface area contributed by atoms with E-state index >= 15 is 0 Å². The molecule has 12 aromatic carbocycles. The second kappa shape index (κ2) is 30.5. The quantitative estimate of drug-likeness (QED) is 0.0552. The van der Waals surface area contributed by atoms with Crippen LogP contribution < -0.4 is 0 Å². The smallest absolute Gasteiger partial charge is 0.323 e. The SMILES string of the molecule is O=C(O)C(c1ccccc1)(c1ccccc1)c1ccccc1.O=C(O)C(c1ccccc1)(c1ccccc1)c1ccccc1.O=C(O)C(c1ccccc1)(c1ccccc1)c1ccccc1.O=C(O)C(c1ccccc1)(c1ccccc1)c1ccccc1.[Rh]. The minimum absolute atomic E-state index is 0. The molecule has 441 valence electrons. The van der Waals surface area contributed by atoms with Gasteiger partial charge in [0.15, 0.2) is 0 Å². The van der Waals surface area contributed by atoms with Gasteiger partial charge in [0.05, 0.1) is 0 Å². The van der Waals surface area contributed by atoms with Crippen molar-refractivity contribution in [3.05, 3.63) is 431 Å². The van der Waals surface area contributed by atoms with Crippen molar-refractivity contribution in [3.63, 3.8) is 0 Å². The summed E-state index contributed by atoms with van der Waals surface area (Å²) in [6.45, 7) is 0. The van der Waals surface area contributed by atoms with Gasteiger partial charge in [-0.05, 0) is 66.8 Å². The molecule has 12 aromatic rings. The third kappa shape index (κ3) is 13.3. The van der Waals surface area contributed by atoms with Crippen LogP contribution in [0.25, 0.3) is 0 Å². The summed E-state index contributed by atoms with van der Waals surface area (Å²) in [5, 5.41) is 40.7. The molecule has 0 aliphatic rings. The van der Waals surface area contributed by atoms with E-state index < -0.39 is 45.5 Å². The minimum Gasteiger partial charge on any atom is -0.480 e. The van der Waals surface area contributed by atoms with Crippen molar-refractivity contribution in [2.45, 2.75) is 21.7 Å². The number of benzene rings is 12. The standard InChI is InChI=1S/4C20H16O2.Rh/c4*21-19(22)20(16-10-4-1-5-11-16,17-12-6-2-7-13-17)18-14-8-3-9-15-18;/h4*1-15H,(H,21,22);. The van der Waals surface area contributed by atoms with Crippen LogP contribution in [0.1, 0.15) is 66.8 Å². The van der Waals surface area contributed by atoms with E-state index in [2.05, 4.69) is 0 Å². The number of carbonyl (C=O) groups is 4. The predicted octanol–water partition coefficient (Wildman–Crippen LogP) is 16.4. The summed E-state index contributed by atoms with van der Waals surface area (Å²) in [5.41, 5.74) is 4.18. The van der Waals surface area contributed by atoms with Gasteiger partial charge in [-0.1, -0.05) is 364 Å². The number of rotatable bonds is 16. The van der Waals surface area contributed by atoms with Crippen molar-refractivity contribution in [2.24, 2.45) is 0 Å². The maximum atomic E-state index is 12.4. The molecule has 0 heterocycles. The second-order valence-electron chi connectivity index (χ2n) is 20.6. The fourth-order valence-electron chi connectivity index (χ4n) is 11.7. The summed E-state index contributed by atoms with van der Waals surface area (Å²) in [7, 11) is 0. The minimum atomic E-state index is -1.20. The Morgan fingerprint density at radius 3 is 0.281 bits per heavy atom.